The summed E-state index contributed by atoms with van der Waals surface area (Å²) in [5, 5.41) is 0.863. The Hall–Kier alpha value is -3.87. The van der Waals surface area contributed by atoms with Crippen LogP contribution in [0.5, 0.6) is 0 Å². The lowest BCUT2D eigenvalue weighted by atomic mass is 9.95. The Morgan fingerprint density at radius 2 is 1.58 bits per heavy atom. The Morgan fingerprint density at radius 1 is 0.833 bits per heavy atom. The molecule has 2 aliphatic rings. The van der Waals surface area contributed by atoms with Gasteiger partial charge in [-0.25, -0.2) is 4.98 Å². The topological polar surface area (TPSA) is 62.7 Å². The number of amides is 1. The Kier molecular flexibility index (Phi) is 6.05. The summed E-state index contributed by atoms with van der Waals surface area (Å²) in [6.45, 7) is 4.75. The number of ether oxygens (including phenoxy) is 1. The van der Waals surface area contributed by atoms with Crippen molar-refractivity contribution in [2.24, 2.45) is 0 Å². The van der Waals surface area contributed by atoms with E-state index in [4.69, 9.17) is 4.74 Å². The van der Waals surface area contributed by atoms with Gasteiger partial charge in [0.15, 0.2) is 6.29 Å². The average molecular weight is 478 g/mol. The quantitative estimate of drug-likeness (QED) is 0.395. The normalized spacial score (nSPS) is 16.6. The zero-order chi connectivity index (χ0) is 24.5. The highest BCUT2D eigenvalue weighted by Gasteiger charge is 2.30. The van der Waals surface area contributed by atoms with Gasteiger partial charge in [0.2, 0.25) is 0 Å². The van der Waals surface area contributed by atoms with E-state index in [0.29, 0.717) is 35.9 Å². The fraction of sp³-hybridized carbons (Fsp3) is 0.233. The van der Waals surface area contributed by atoms with Gasteiger partial charge in [0.05, 0.1) is 24.8 Å². The summed E-state index contributed by atoms with van der Waals surface area (Å²) in [5.41, 5.74) is 5.80. The predicted molar refractivity (Wildman–Crippen MR) is 140 cm³/mol. The third-order valence-corrected chi connectivity index (χ3v) is 7.22. The van der Waals surface area contributed by atoms with E-state index in [-0.39, 0.29) is 5.91 Å². The molecule has 0 N–H and O–H groups in total. The highest BCUT2D eigenvalue weighted by molar-refractivity contribution is 6.03. The lowest BCUT2D eigenvalue weighted by Gasteiger charge is -2.42. The molecule has 0 bridgehead atoms. The molecule has 6 nitrogen and oxygen atoms in total. The van der Waals surface area contributed by atoms with Gasteiger partial charge in [0, 0.05) is 37.1 Å². The number of pyridine rings is 1. The van der Waals surface area contributed by atoms with Crippen molar-refractivity contribution in [1.82, 2.24) is 14.8 Å². The zero-order valence-corrected chi connectivity index (χ0v) is 20.0. The SMILES string of the molecule is O=Cc1cc(-c2cccc(-c3ccccc3)c2)c2cc(C(=O)N3CCN(C4COC4)CC3)ccc2n1. The van der Waals surface area contributed by atoms with Crippen molar-refractivity contribution in [2.75, 3.05) is 39.4 Å². The molecule has 2 fully saturated rings. The largest absolute Gasteiger partial charge is 0.378 e. The molecule has 2 aliphatic heterocycles. The molecule has 36 heavy (non-hydrogen) atoms. The number of hydrogen-bond acceptors (Lipinski definition) is 5. The Bertz CT molecular complexity index is 1420. The van der Waals surface area contributed by atoms with E-state index >= 15 is 0 Å². The molecule has 6 heteroatoms. The van der Waals surface area contributed by atoms with Crippen LogP contribution in [0.15, 0.2) is 78.9 Å². The van der Waals surface area contributed by atoms with Crippen molar-refractivity contribution >= 4 is 23.1 Å². The van der Waals surface area contributed by atoms with Gasteiger partial charge in [-0.1, -0.05) is 48.5 Å². The third kappa shape index (κ3) is 4.30. The molecule has 1 aromatic heterocycles. The van der Waals surface area contributed by atoms with Crippen molar-refractivity contribution in [3.05, 3.63) is 90.1 Å². The third-order valence-electron chi connectivity index (χ3n) is 7.22. The van der Waals surface area contributed by atoms with E-state index in [1.165, 1.54) is 0 Å². The van der Waals surface area contributed by atoms with Crippen molar-refractivity contribution in [3.63, 3.8) is 0 Å². The second kappa shape index (κ2) is 9.64. The van der Waals surface area contributed by atoms with Crippen LogP contribution in [-0.4, -0.2) is 72.4 Å². The van der Waals surface area contributed by atoms with Crippen LogP contribution < -0.4 is 0 Å². The maximum Gasteiger partial charge on any atom is 0.253 e. The summed E-state index contributed by atoms with van der Waals surface area (Å²) in [6.07, 6.45) is 0.773. The first kappa shape index (κ1) is 22.6. The Labute approximate surface area is 210 Å². The number of aldehydes is 1. The molecular formula is C30H27N3O3. The minimum Gasteiger partial charge on any atom is -0.378 e. The molecule has 0 atom stereocenters. The van der Waals surface area contributed by atoms with E-state index in [9.17, 15) is 9.59 Å². The van der Waals surface area contributed by atoms with E-state index in [2.05, 4.69) is 34.1 Å². The summed E-state index contributed by atoms with van der Waals surface area (Å²) in [5.74, 6) is 0.0323. The van der Waals surface area contributed by atoms with Gasteiger partial charge in [0.1, 0.15) is 5.69 Å². The van der Waals surface area contributed by atoms with Gasteiger partial charge in [-0.05, 0) is 52.6 Å². The first-order valence-corrected chi connectivity index (χ1v) is 12.4. The molecule has 3 heterocycles. The molecule has 0 unspecified atom stereocenters. The van der Waals surface area contributed by atoms with Crippen LogP contribution in [0.4, 0.5) is 0 Å². The fourth-order valence-corrected chi connectivity index (χ4v) is 5.08. The van der Waals surface area contributed by atoms with Gasteiger partial charge in [-0.15, -0.1) is 0 Å². The molecule has 180 valence electrons. The van der Waals surface area contributed by atoms with Crippen molar-refractivity contribution < 1.29 is 14.3 Å². The summed E-state index contributed by atoms with van der Waals surface area (Å²) in [4.78, 5) is 33.9. The first-order valence-electron chi connectivity index (χ1n) is 12.4. The van der Waals surface area contributed by atoms with E-state index in [1.807, 2.05) is 59.5 Å². The number of benzene rings is 3. The van der Waals surface area contributed by atoms with Crippen LogP contribution in [-0.2, 0) is 4.74 Å². The van der Waals surface area contributed by atoms with Crippen molar-refractivity contribution in [1.29, 1.82) is 0 Å². The van der Waals surface area contributed by atoms with E-state index in [0.717, 1.165) is 60.2 Å². The second-order valence-corrected chi connectivity index (χ2v) is 9.41. The molecule has 0 aliphatic carbocycles. The summed E-state index contributed by atoms with van der Waals surface area (Å²) >= 11 is 0. The number of carbonyl (C=O) groups is 2. The molecule has 1 amide bonds. The highest BCUT2D eigenvalue weighted by atomic mass is 16.5. The summed E-state index contributed by atoms with van der Waals surface area (Å²) in [7, 11) is 0. The van der Waals surface area contributed by atoms with Crippen molar-refractivity contribution in [2.45, 2.75) is 6.04 Å². The lowest BCUT2D eigenvalue weighted by molar-refractivity contribution is -0.0746. The standard InChI is InChI=1S/C30H27N3O3/c34-18-25-17-27(23-8-4-7-22(15-23)21-5-2-1-3-6-21)28-16-24(9-10-29(28)31-25)30(35)33-13-11-32(12-14-33)26-19-36-20-26/h1-10,15-18,26H,11-14,19-20H2. The summed E-state index contributed by atoms with van der Waals surface area (Å²) in [6, 6.07) is 26.4. The number of carbonyl (C=O) groups excluding carboxylic acids is 2. The van der Waals surface area contributed by atoms with Gasteiger partial charge >= 0.3 is 0 Å². The Balaban J connectivity index is 1.35. The van der Waals surface area contributed by atoms with Crippen LogP contribution in [0.3, 0.4) is 0 Å². The Morgan fingerprint density at radius 3 is 2.31 bits per heavy atom. The number of nitrogens with zero attached hydrogens (tertiary/aromatic N) is 3. The lowest BCUT2D eigenvalue weighted by Crippen LogP contribution is -2.57. The van der Waals surface area contributed by atoms with E-state index in [1.54, 1.807) is 0 Å². The predicted octanol–water partition coefficient (Wildman–Crippen LogP) is 4.54. The number of piperazine rings is 1. The van der Waals surface area contributed by atoms with Crippen LogP contribution in [0.25, 0.3) is 33.2 Å². The first-order chi connectivity index (χ1) is 17.7. The molecule has 0 spiro atoms. The minimum atomic E-state index is 0.0323. The number of fused-ring (bicyclic) bond motifs is 1. The number of rotatable bonds is 5. The average Bonchev–Trinajstić information content (AvgIpc) is 2.92. The molecule has 6 rings (SSSR count). The number of hydrogen-bond donors (Lipinski definition) is 0. The van der Waals surface area contributed by atoms with Crippen LogP contribution >= 0.6 is 0 Å². The van der Waals surface area contributed by atoms with Gasteiger partial charge in [0.25, 0.3) is 5.91 Å². The zero-order valence-electron chi connectivity index (χ0n) is 20.0. The maximum absolute atomic E-state index is 13.4. The highest BCUT2D eigenvalue weighted by Crippen LogP contribution is 2.32. The fourth-order valence-electron chi connectivity index (χ4n) is 5.08. The molecule has 2 saturated heterocycles. The van der Waals surface area contributed by atoms with Crippen LogP contribution in [0.1, 0.15) is 20.8 Å². The smallest absolute Gasteiger partial charge is 0.253 e. The number of aromatic nitrogens is 1. The second-order valence-electron chi connectivity index (χ2n) is 9.41. The molecule has 0 saturated carbocycles. The van der Waals surface area contributed by atoms with Crippen LogP contribution in [0.2, 0.25) is 0 Å². The molecule has 3 aromatic carbocycles. The van der Waals surface area contributed by atoms with Crippen molar-refractivity contribution in [3.8, 4) is 22.3 Å². The monoisotopic (exact) mass is 477 g/mol. The van der Waals surface area contributed by atoms with Gasteiger partial charge in [-0.2, -0.15) is 0 Å². The van der Waals surface area contributed by atoms with Gasteiger partial charge < -0.3 is 9.64 Å². The molecule has 4 aromatic rings. The maximum atomic E-state index is 13.4. The molecule has 0 radical (unpaired) electrons. The van der Waals surface area contributed by atoms with Crippen LogP contribution in [0, 0.1) is 0 Å². The summed E-state index contributed by atoms with van der Waals surface area (Å²) < 4.78 is 5.32. The van der Waals surface area contributed by atoms with E-state index < -0.39 is 0 Å². The van der Waals surface area contributed by atoms with Gasteiger partial charge in [-0.3, -0.25) is 14.5 Å². The molecular weight excluding hydrogens is 450 g/mol. The minimum absolute atomic E-state index is 0.0323.